The van der Waals surface area contributed by atoms with Crippen molar-refractivity contribution in [2.75, 3.05) is 5.43 Å². The molecule has 20 heavy (non-hydrogen) atoms. The third-order valence-corrected chi connectivity index (χ3v) is 2.94. The molecule has 0 unspecified atom stereocenters. The molecule has 0 fully saturated rings. The van der Waals surface area contributed by atoms with Crippen molar-refractivity contribution in [3.63, 3.8) is 0 Å². The molecule has 0 aliphatic rings. The number of benzene rings is 1. The largest absolute Gasteiger partial charge is 0.439 e. The van der Waals surface area contributed by atoms with Gasteiger partial charge in [-0.15, -0.1) is 0 Å². The predicted molar refractivity (Wildman–Crippen MR) is 79.9 cm³/mol. The van der Waals surface area contributed by atoms with Crippen LogP contribution >= 0.6 is 0 Å². The van der Waals surface area contributed by atoms with Gasteiger partial charge in [0, 0.05) is 12.0 Å². The zero-order chi connectivity index (χ0) is 14.7. The fourth-order valence-corrected chi connectivity index (χ4v) is 1.76. The van der Waals surface area contributed by atoms with E-state index in [0.717, 1.165) is 16.9 Å². The number of anilines is 1. The summed E-state index contributed by atoms with van der Waals surface area (Å²) >= 11 is 0. The number of rotatable bonds is 4. The van der Waals surface area contributed by atoms with E-state index in [2.05, 4.69) is 21.5 Å². The number of nitrogens with one attached hydrogen (secondary N) is 1. The van der Waals surface area contributed by atoms with Crippen LogP contribution in [0.4, 0.5) is 5.82 Å². The van der Waals surface area contributed by atoms with Crippen LogP contribution in [-0.2, 0) is 0 Å². The molecule has 0 atom stereocenters. The molecule has 106 valence electrons. The Morgan fingerprint density at radius 2 is 1.90 bits per heavy atom. The molecule has 0 saturated carbocycles. The highest BCUT2D eigenvalue weighted by molar-refractivity contribution is 5.42. The summed E-state index contributed by atoms with van der Waals surface area (Å²) in [6, 6.07) is 7.75. The Labute approximate surface area is 119 Å². The maximum atomic E-state index is 5.88. The number of aromatic nitrogens is 2. The zero-order valence-corrected chi connectivity index (χ0v) is 12.3. The summed E-state index contributed by atoms with van der Waals surface area (Å²) in [6.07, 6.45) is 0. The minimum absolute atomic E-state index is 0.198. The summed E-state index contributed by atoms with van der Waals surface area (Å²) in [4.78, 5) is 8.72. The van der Waals surface area contributed by atoms with Crippen LogP contribution in [0.3, 0.4) is 0 Å². The molecule has 1 aromatic heterocycles. The topological polar surface area (TPSA) is 73.1 Å². The Balaban J connectivity index is 2.37. The second-order valence-corrected chi connectivity index (χ2v) is 5.12. The number of ether oxygens (including phenoxy) is 1. The van der Waals surface area contributed by atoms with Crippen LogP contribution in [0.15, 0.2) is 24.3 Å². The van der Waals surface area contributed by atoms with Crippen molar-refractivity contribution in [2.45, 2.75) is 33.6 Å². The van der Waals surface area contributed by atoms with Crippen molar-refractivity contribution in [1.82, 2.24) is 9.97 Å². The van der Waals surface area contributed by atoms with Crippen molar-refractivity contribution in [3.8, 4) is 11.6 Å². The monoisotopic (exact) mass is 272 g/mol. The highest BCUT2D eigenvalue weighted by Crippen LogP contribution is 2.27. The molecule has 0 saturated heterocycles. The Morgan fingerprint density at radius 3 is 2.55 bits per heavy atom. The molecule has 5 heteroatoms. The minimum atomic E-state index is 0.198. The number of nitrogens with zero attached hydrogens (tertiary/aromatic N) is 2. The molecule has 5 nitrogen and oxygen atoms in total. The average Bonchev–Trinajstić information content (AvgIpc) is 2.42. The lowest BCUT2D eigenvalue weighted by Gasteiger charge is -2.12. The first kappa shape index (κ1) is 14.3. The van der Waals surface area contributed by atoms with Gasteiger partial charge in [-0.2, -0.15) is 4.98 Å². The van der Waals surface area contributed by atoms with E-state index in [1.807, 2.05) is 39.8 Å². The number of hydrazine groups is 1. The first-order chi connectivity index (χ1) is 9.49. The lowest BCUT2D eigenvalue weighted by molar-refractivity contribution is 0.453. The van der Waals surface area contributed by atoms with Crippen LogP contribution in [0.1, 0.15) is 36.7 Å². The van der Waals surface area contributed by atoms with Crippen molar-refractivity contribution in [3.05, 3.63) is 41.2 Å². The summed E-state index contributed by atoms with van der Waals surface area (Å²) in [5.74, 6) is 8.16. The van der Waals surface area contributed by atoms with E-state index in [9.17, 15) is 0 Å². The number of nitrogens with two attached hydrogens (primary N) is 1. The van der Waals surface area contributed by atoms with Gasteiger partial charge in [0.15, 0.2) is 0 Å². The molecule has 1 aromatic carbocycles. The number of aryl methyl sites for hydroxylation is 2. The summed E-state index contributed by atoms with van der Waals surface area (Å²) < 4.78 is 5.88. The van der Waals surface area contributed by atoms with E-state index in [1.165, 1.54) is 0 Å². The normalized spacial score (nSPS) is 10.7. The molecule has 0 aliphatic carbocycles. The van der Waals surface area contributed by atoms with E-state index >= 15 is 0 Å². The van der Waals surface area contributed by atoms with Crippen LogP contribution < -0.4 is 16.0 Å². The SMILES string of the molecule is Cc1ccc(C)c(Oc2cc(NN)nc(C(C)C)n2)c1. The predicted octanol–water partition coefficient (Wildman–Crippen LogP) is 3.29. The quantitative estimate of drug-likeness (QED) is 0.660. The van der Waals surface area contributed by atoms with E-state index < -0.39 is 0 Å². The van der Waals surface area contributed by atoms with Crippen LogP contribution in [0.2, 0.25) is 0 Å². The van der Waals surface area contributed by atoms with Crippen molar-refractivity contribution >= 4 is 5.82 Å². The summed E-state index contributed by atoms with van der Waals surface area (Å²) in [5.41, 5.74) is 4.74. The fraction of sp³-hybridized carbons (Fsp3) is 0.333. The molecule has 0 radical (unpaired) electrons. The van der Waals surface area contributed by atoms with Crippen LogP contribution in [0.5, 0.6) is 11.6 Å². The third kappa shape index (κ3) is 3.24. The molecule has 0 bridgehead atoms. The molecule has 2 rings (SSSR count). The van der Waals surface area contributed by atoms with E-state index in [1.54, 1.807) is 6.07 Å². The number of hydrogen-bond acceptors (Lipinski definition) is 5. The molecule has 3 N–H and O–H groups in total. The third-order valence-electron chi connectivity index (χ3n) is 2.94. The standard InChI is InChI=1S/C15H20N4O/c1-9(2)15-17-13(19-16)8-14(18-15)20-12-7-10(3)5-6-11(12)4/h5-9H,16H2,1-4H3,(H,17,18,19). The lowest BCUT2D eigenvalue weighted by atomic mass is 10.1. The van der Waals surface area contributed by atoms with Gasteiger partial charge in [0.05, 0.1) is 0 Å². The molecule has 2 aromatic rings. The van der Waals surface area contributed by atoms with Crippen LogP contribution in [-0.4, -0.2) is 9.97 Å². The summed E-state index contributed by atoms with van der Waals surface area (Å²) in [7, 11) is 0. The molecule has 0 aliphatic heterocycles. The Morgan fingerprint density at radius 1 is 1.15 bits per heavy atom. The number of nitrogen functional groups attached to an aromatic ring is 1. The van der Waals surface area contributed by atoms with Crippen molar-refractivity contribution < 1.29 is 4.74 Å². The van der Waals surface area contributed by atoms with E-state index in [4.69, 9.17) is 10.6 Å². The first-order valence-electron chi connectivity index (χ1n) is 6.60. The summed E-state index contributed by atoms with van der Waals surface area (Å²) in [5, 5.41) is 0. The van der Waals surface area contributed by atoms with Gasteiger partial charge in [-0.25, -0.2) is 10.8 Å². The van der Waals surface area contributed by atoms with Gasteiger partial charge in [-0.1, -0.05) is 26.0 Å². The Kier molecular flexibility index (Phi) is 4.20. The van der Waals surface area contributed by atoms with Gasteiger partial charge in [0.1, 0.15) is 17.4 Å². The molecule has 0 spiro atoms. The van der Waals surface area contributed by atoms with Gasteiger partial charge in [-0.3, -0.25) is 0 Å². The molecule has 0 amide bonds. The fourth-order valence-electron chi connectivity index (χ4n) is 1.76. The zero-order valence-electron chi connectivity index (χ0n) is 12.3. The Bertz CT molecular complexity index is 611. The maximum Gasteiger partial charge on any atom is 0.224 e. The second kappa shape index (κ2) is 5.88. The van der Waals surface area contributed by atoms with Gasteiger partial charge >= 0.3 is 0 Å². The van der Waals surface area contributed by atoms with E-state index in [0.29, 0.717) is 17.5 Å². The van der Waals surface area contributed by atoms with Crippen molar-refractivity contribution in [2.24, 2.45) is 5.84 Å². The highest BCUT2D eigenvalue weighted by atomic mass is 16.5. The molecular formula is C15H20N4O. The molecule has 1 heterocycles. The van der Waals surface area contributed by atoms with Gasteiger partial charge < -0.3 is 10.2 Å². The average molecular weight is 272 g/mol. The Hall–Kier alpha value is -2.14. The summed E-state index contributed by atoms with van der Waals surface area (Å²) in [6.45, 7) is 8.08. The highest BCUT2D eigenvalue weighted by Gasteiger charge is 2.10. The van der Waals surface area contributed by atoms with Gasteiger partial charge in [0.2, 0.25) is 5.88 Å². The minimum Gasteiger partial charge on any atom is -0.439 e. The van der Waals surface area contributed by atoms with Crippen molar-refractivity contribution in [1.29, 1.82) is 0 Å². The van der Waals surface area contributed by atoms with E-state index in [-0.39, 0.29) is 5.92 Å². The van der Waals surface area contributed by atoms with Gasteiger partial charge in [-0.05, 0) is 31.0 Å². The van der Waals surface area contributed by atoms with Gasteiger partial charge in [0.25, 0.3) is 0 Å². The van der Waals surface area contributed by atoms with Crippen LogP contribution in [0.25, 0.3) is 0 Å². The molecular weight excluding hydrogens is 252 g/mol. The first-order valence-corrected chi connectivity index (χ1v) is 6.60. The smallest absolute Gasteiger partial charge is 0.224 e. The lowest BCUT2D eigenvalue weighted by Crippen LogP contribution is -2.11. The van der Waals surface area contributed by atoms with Crippen LogP contribution in [0, 0.1) is 13.8 Å². The second-order valence-electron chi connectivity index (χ2n) is 5.12. The maximum absolute atomic E-state index is 5.88. The number of hydrogen-bond donors (Lipinski definition) is 2.